The number of carbonyl (C=O) groups is 1. The molecule has 1 atom stereocenters. The Kier molecular flexibility index (Phi) is 9.31. The van der Waals surface area contributed by atoms with Crippen LogP contribution in [0.1, 0.15) is 32.7 Å². The molecule has 0 bridgehead atoms. The van der Waals surface area contributed by atoms with Crippen molar-refractivity contribution < 1.29 is 13.6 Å². The van der Waals surface area contributed by atoms with Gasteiger partial charge < -0.3 is 5.32 Å². The number of hydrogen-bond acceptors (Lipinski definition) is 5. The third-order valence-corrected chi connectivity index (χ3v) is 7.94. The number of benzene rings is 3. The Morgan fingerprint density at radius 3 is 2.53 bits per heavy atom. The first-order chi connectivity index (χ1) is 17.4. The number of hydrogen-bond donors (Lipinski definition) is 2. The van der Waals surface area contributed by atoms with E-state index in [1.54, 1.807) is 30.3 Å². The molecule has 0 aliphatic heterocycles. The van der Waals surface area contributed by atoms with Gasteiger partial charge in [0.15, 0.2) is 5.82 Å². The molecule has 4 rings (SSSR count). The number of carbonyl (C=O) groups excluding carboxylic acids is 1. The van der Waals surface area contributed by atoms with Crippen LogP contribution in [0.15, 0.2) is 66.7 Å². The van der Waals surface area contributed by atoms with Crippen LogP contribution >= 0.6 is 57.5 Å². The van der Waals surface area contributed by atoms with E-state index in [1.807, 2.05) is 36.4 Å². The number of anilines is 2. The van der Waals surface area contributed by atoms with Gasteiger partial charge >= 0.3 is 0 Å². The van der Waals surface area contributed by atoms with Gasteiger partial charge in [-0.2, -0.15) is 8.75 Å². The molecule has 0 saturated carbocycles. The Balaban J connectivity index is 1.69. The van der Waals surface area contributed by atoms with Gasteiger partial charge in [0.2, 0.25) is 0 Å². The van der Waals surface area contributed by atoms with Crippen LogP contribution in [0.2, 0.25) is 10.0 Å². The van der Waals surface area contributed by atoms with Crippen LogP contribution in [0.4, 0.5) is 11.5 Å². The van der Waals surface area contributed by atoms with E-state index in [1.165, 1.54) is 0 Å². The lowest BCUT2D eigenvalue weighted by atomic mass is 10.1. The van der Waals surface area contributed by atoms with E-state index in [9.17, 15) is 13.6 Å². The van der Waals surface area contributed by atoms with Crippen LogP contribution in [0.25, 0.3) is 0 Å². The first kappa shape index (κ1) is 27.0. The van der Waals surface area contributed by atoms with Gasteiger partial charge in [-0.3, -0.25) is 9.35 Å². The van der Waals surface area contributed by atoms with E-state index >= 15 is 0 Å². The average molecular weight is 673 g/mol. The monoisotopic (exact) mass is 672 g/mol. The number of aromatic nitrogens is 2. The van der Waals surface area contributed by atoms with E-state index in [-0.39, 0.29) is 23.6 Å². The predicted octanol–water partition coefficient (Wildman–Crippen LogP) is 6.58. The fraction of sp³-hybridized carbons (Fsp3) is 0.125. The van der Waals surface area contributed by atoms with Crippen molar-refractivity contribution in [1.29, 1.82) is 0 Å². The van der Waals surface area contributed by atoms with Crippen molar-refractivity contribution >= 4 is 86.2 Å². The fourth-order valence-corrected chi connectivity index (χ4v) is 5.65. The molecular formula is C24H19Cl2IN4O3S2. The van der Waals surface area contributed by atoms with E-state index in [0.717, 1.165) is 27.2 Å². The number of rotatable bonds is 9. The molecule has 0 radical (unpaired) electrons. The van der Waals surface area contributed by atoms with Gasteiger partial charge in [0.05, 0.1) is 23.0 Å². The molecule has 36 heavy (non-hydrogen) atoms. The molecule has 1 amide bonds. The normalized spacial score (nSPS) is 11.8. The van der Waals surface area contributed by atoms with E-state index in [4.69, 9.17) is 23.2 Å². The second-order valence-electron chi connectivity index (χ2n) is 7.63. The zero-order valence-corrected chi connectivity index (χ0v) is 23.8. The molecule has 0 fully saturated rings. The van der Waals surface area contributed by atoms with Crippen molar-refractivity contribution in [2.45, 2.75) is 17.4 Å². The highest BCUT2D eigenvalue weighted by Gasteiger charge is 2.27. The Hall–Kier alpha value is -2.09. The molecule has 2 N–H and O–H groups in total. The molecule has 0 aliphatic rings. The molecule has 0 saturated heterocycles. The maximum Gasteiger partial charge on any atom is 0.268 e. The Morgan fingerprint density at radius 2 is 1.83 bits per heavy atom. The third-order valence-electron chi connectivity index (χ3n) is 5.23. The summed E-state index contributed by atoms with van der Waals surface area (Å²) in [7, 11) is 0. The number of nitrogens with zero attached hydrogens (tertiary/aromatic N) is 3. The van der Waals surface area contributed by atoms with E-state index in [2.05, 4.69) is 36.7 Å². The Bertz CT molecular complexity index is 1410. The minimum Gasteiger partial charge on any atom is -0.348 e. The van der Waals surface area contributed by atoms with Crippen molar-refractivity contribution in [3.05, 3.63) is 105 Å². The van der Waals surface area contributed by atoms with Crippen LogP contribution < -0.4 is 9.62 Å². The maximum atomic E-state index is 13.3. The Morgan fingerprint density at radius 1 is 1.06 bits per heavy atom. The number of amides is 1. The molecule has 0 spiro atoms. The van der Waals surface area contributed by atoms with E-state index < -0.39 is 17.2 Å². The average Bonchev–Trinajstić information content (AvgIpc) is 3.31. The SMILES string of the molecule is O=C(NCc1ccc(Cl)cc1Cl)c1ccc(CI)cc1N(c1nsnc1Cc1ccccc1)S(=O)O. The zero-order chi connectivity index (χ0) is 25.7. The molecule has 0 aliphatic carbocycles. The van der Waals surface area contributed by atoms with Crippen LogP contribution in [-0.2, 0) is 28.7 Å². The van der Waals surface area contributed by atoms with E-state index in [0.29, 0.717) is 32.2 Å². The lowest BCUT2D eigenvalue weighted by Gasteiger charge is -2.22. The van der Waals surface area contributed by atoms with Crippen molar-refractivity contribution in [3.8, 4) is 0 Å². The van der Waals surface area contributed by atoms with Gasteiger partial charge in [-0.1, -0.05) is 88.3 Å². The molecule has 186 valence electrons. The second kappa shape index (κ2) is 12.4. The number of nitrogens with one attached hydrogen (secondary N) is 1. The summed E-state index contributed by atoms with van der Waals surface area (Å²) in [5, 5.41) is 3.77. The molecule has 1 unspecified atom stereocenters. The summed E-state index contributed by atoms with van der Waals surface area (Å²) in [4.78, 5) is 13.3. The van der Waals surface area contributed by atoms with Crippen LogP contribution in [0.3, 0.4) is 0 Å². The lowest BCUT2D eigenvalue weighted by Crippen LogP contribution is -2.28. The third kappa shape index (κ3) is 6.42. The highest BCUT2D eigenvalue weighted by atomic mass is 127. The number of alkyl halides is 1. The van der Waals surface area contributed by atoms with Gasteiger partial charge in [0.1, 0.15) is 5.69 Å². The van der Waals surface area contributed by atoms with Gasteiger partial charge in [-0.25, -0.2) is 8.51 Å². The van der Waals surface area contributed by atoms with Crippen molar-refractivity contribution in [2.75, 3.05) is 4.31 Å². The molecule has 3 aromatic carbocycles. The zero-order valence-electron chi connectivity index (χ0n) is 18.5. The van der Waals surface area contributed by atoms with Crippen LogP contribution in [0, 0.1) is 0 Å². The summed E-state index contributed by atoms with van der Waals surface area (Å²) < 4.78 is 33.5. The fourth-order valence-electron chi connectivity index (χ4n) is 3.49. The lowest BCUT2D eigenvalue weighted by molar-refractivity contribution is 0.0951. The second-order valence-corrected chi connectivity index (χ2v) is 10.6. The van der Waals surface area contributed by atoms with Crippen LogP contribution in [-0.4, -0.2) is 23.4 Å². The summed E-state index contributed by atoms with van der Waals surface area (Å²) in [6.45, 7) is 0.155. The molecule has 12 heteroatoms. The van der Waals surface area contributed by atoms with Gasteiger partial charge in [-0.15, -0.1) is 0 Å². The summed E-state index contributed by atoms with van der Waals surface area (Å²) in [6.07, 6.45) is 0.420. The highest BCUT2D eigenvalue weighted by molar-refractivity contribution is 14.1. The van der Waals surface area contributed by atoms with Gasteiger partial charge in [0, 0.05) is 27.4 Å². The van der Waals surface area contributed by atoms with Crippen molar-refractivity contribution in [1.82, 2.24) is 14.1 Å². The summed E-state index contributed by atoms with van der Waals surface area (Å²) >= 11 is 12.8. The van der Waals surface area contributed by atoms with Crippen molar-refractivity contribution in [2.24, 2.45) is 0 Å². The van der Waals surface area contributed by atoms with Crippen molar-refractivity contribution in [3.63, 3.8) is 0 Å². The Labute approximate surface area is 238 Å². The van der Waals surface area contributed by atoms with Crippen LogP contribution in [0.5, 0.6) is 0 Å². The number of halogens is 3. The summed E-state index contributed by atoms with van der Waals surface area (Å²) in [5.74, 6) is -0.204. The van der Waals surface area contributed by atoms with Gasteiger partial charge in [-0.05, 0) is 41.0 Å². The minimum atomic E-state index is -2.52. The first-order valence-electron chi connectivity index (χ1n) is 10.5. The largest absolute Gasteiger partial charge is 0.348 e. The highest BCUT2D eigenvalue weighted by Crippen LogP contribution is 2.34. The quantitative estimate of drug-likeness (QED) is 0.119. The summed E-state index contributed by atoms with van der Waals surface area (Å²) in [6, 6.07) is 19.8. The molecular weight excluding hydrogens is 654 g/mol. The molecule has 1 aromatic heterocycles. The van der Waals surface area contributed by atoms with Gasteiger partial charge in [0.25, 0.3) is 17.2 Å². The smallest absolute Gasteiger partial charge is 0.268 e. The standard InChI is InChI=1S/C24H19Cl2IN4O3S2/c25-18-8-7-17(20(26)12-18)14-28-24(32)19-9-6-16(13-27)11-22(19)31(36(33)34)23-21(29-35-30-23)10-15-4-2-1-3-5-15/h1-9,11-12H,10,13-14H2,(H,28,32)(H,33,34). The maximum absolute atomic E-state index is 13.3. The first-order valence-corrected chi connectivity index (χ1v) is 14.6. The molecule has 7 nitrogen and oxygen atoms in total. The molecule has 4 aromatic rings. The summed E-state index contributed by atoms with van der Waals surface area (Å²) in [5.41, 5.74) is 3.56. The topological polar surface area (TPSA) is 95.4 Å². The predicted molar refractivity (Wildman–Crippen MR) is 154 cm³/mol. The minimum absolute atomic E-state index is 0.155. The molecule has 1 heterocycles.